The summed E-state index contributed by atoms with van der Waals surface area (Å²) in [5.41, 5.74) is 7.05. The molecule has 0 unspecified atom stereocenters. The summed E-state index contributed by atoms with van der Waals surface area (Å²) in [5, 5.41) is 1.17. The molecule has 0 aliphatic heterocycles. The van der Waals surface area contributed by atoms with E-state index in [1.165, 1.54) is 11.6 Å². The molecule has 0 fully saturated rings. The highest BCUT2D eigenvalue weighted by molar-refractivity contribution is 6.36. The Bertz CT molecular complexity index is 1090. The molecule has 0 saturated carbocycles. The number of rotatable bonds is 2. The lowest BCUT2D eigenvalue weighted by atomic mass is 9.98. The summed E-state index contributed by atoms with van der Waals surface area (Å²) in [5.74, 6) is 0. The van der Waals surface area contributed by atoms with Crippen molar-refractivity contribution in [1.82, 2.24) is 14.1 Å². The number of aromatic nitrogens is 3. The van der Waals surface area contributed by atoms with Crippen molar-refractivity contribution in [3.8, 4) is 11.1 Å². The Morgan fingerprint density at radius 1 is 1.17 bits per heavy atom. The lowest BCUT2D eigenvalue weighted by molar-refractivity contribution is 0.707. The van der Waals surface area contributed by atoms with Crippen LogP contribution in [0.5, 0.6) is 0 Å². The third-order valence-electron chi connectivity index (χ3n) is 3.97. The second kappa shape index (κ2) is 6.05. The number of fused-ring (bicyclic) bond motifs is 1. The summed E-state index contributed by atoms with van der Waals surface area (Å²) in [7, 11) is 2.99. The smallest absolute Gasteiger partial charge is 0.326 e. The summed E-state index contributed by atoms with van der Waals surface area (Å²) in [6.45, 7) is 0.170. The lowest BCUT2D eigenvalue weighted by Crippen LogP contribution is -2.37. The minimum atomic E-state index is -0.450. The van der Waals surface area contributed by atoms with Crippen molar-refractivity contribution in [1.29, 1.82) is 0 Å². The van der Waals surface area contributed by atoms with Crippen molar-refractivity contribution in [2.24, 2.45) is 19.8 Å². The van der Waals surface area contributed by atoms with E-state index in [1.807, 2.05) is 0 Å². The second-order valence-electron chi connectivity index (χ2n) is 5.39. The molecule has 124 valence electrons. The van der Waals surface area contributed by atoms with Gasteiger partial charge >= 0.3 is 5.69 Å². The van der Waals surface area contributed by atoms with Crippen molar-refractivity contribution in [3.05, 3.63) is 60.8 Å². The van der Waals surface area contributed by atoms with Gasteiger partial charge in [0.2, 0.25) is 0 Å². The van der Waals surface area contributed by atoms with Gasteiger partial charge in [0.25, 0.3) is 5.56 Å². The number of hydrogen-bond donors (Lipinski definition) is 1. The van der Waals surface area contributed by atoms with Crippen molar-refractivity contribution in [2.45, 2.75) is 6.54 Å². The van der Waals surface area contributed by atoms with Crippen LogP contribution in [0.25, 0.3) is 22.2 Å². The minimum Gasteiger partial charge on any atom is -0.326 e. The monoisotopic (exact) mass is 364 g/mol. The zero-order valence-corrected chi connectivity index (χ0v) is 14.5. The van der Waals surface area contributed by atoms with Crippen LogP contribution in [0.2, 0.25) is 10.0 Å². The van der Waals surface area contributed by atoms with Gasteiger partial charge in [0.15, 0.2) is 0 Å². The van der Waals surface area contributed by atoms with Gasteiger partial charge in [-0.2, -0.15) is 0 Å². The molecule has 2 N–H and O–H groups in total. The number of hydrogen-bond acceptors (Lipinski definition) is 4. The number of aryl methyl sites for hydroxylation is 1. The van der Waals surface area contributed by atoms with Crippen molar-refractivity contribution in [2.75, 3.05) is 0 Å². The molecule has 0 aliphatic rings. The number of benzene rings is 1. The largest absolute Gasteiger partial charge is 0.332 e. The molecular formula is C16H14Cl2N4O2. The average molecular weight is 365 g/mol. The fraction of sp³-hybridized carbons (Fsp3) is 0.188. The fourth-order valence-corrected chi connectivity index (χ4v) is 3.23. The molecule has 2 heterocycles. The van der Waals surface area contributed by atoms with Gasteiger partial charge in [0, 0.05) is 48.0 Å². The standard InChI is InChI=1S/C16H14Cl2N4O2/c1-21-14-13(15(23)22(2)16(21)24)12(8(6-19)7-20-14)10-4-3-9(17)5-11(10)18/h3-5,7H,6,19H2,1-2H3. The Kier molecular flexibility index (Phi) is 4.21. The van der Waals surface area contributed by atoms with Gasteiger partial charge in [-0.15, -0.1) is 0 Å². The van der Waals surface area contributed by atoms with Crippen molar-refractivity contribution >= 4 is 34.2 Å². The minimum absolute atomic E-state index is 0.170. The molecule has 1 aromatic carbocycles. The van der Waals surface area contributed by atoms with Crippen LogP contribution in [0.3, 0.4) is 0 Å². The van der Waals surface area contributed by atoms with E-state index in [1.54, 1.807) is 31.4 Å². The van der Waals surface area contributed by atoms with Gasteiger partial charge in [-0.05, 0) is 17.7 Å². The Labute approximate surface area is 147 Å². The molecule has 8 heteroatoms. The van der Waals surface area contributed by atoms with Crippen molar-refractivity contribution in [3.63, 3.8) is 0 Å². The molecule has 0 atom stereocenters. The van der Waals surface area contributed by atoms with Gasteiger partial charge < -0.3 is 5.73 Å². The molecule has 0 radical (unpaired) electrons. The molecular weight excluding hydrogens is 351 g/mol. The van der Waals surface area contributed by atoms with E-state index in [-0.39, 0.29) is 12.2 Å². The zero-order valence-electron chi connectivity index (χ0n) is 13.0. The Hall–Kier alpha value is -2.15. The van der Waals surface area contributed by atoms with Gasteiger partial charge in [0.1, 0.15) is 5.65 Å². The maximum Gasteiger partial charge on any atom is 0.332 e. The normalized spacial score (nSPS) is 11.2. The van der Waals surface area contributed by atoms with Crippen LogP contribution >= 0.6 is 23.2 Å². The number of nitrogens with two attached hydrogens (primary N) is 1. The van der Waals surface area contributed by atoms with E-state index >= 15 is 0 Å². The second-order valence-corrected chi connectivity index (χ2v) is 6.23. The summed E-state index contributed by atoms with van der Waals surface area (Å²) in [4.78, 5) is 29.1. The Morgan fingerprint density at radius 3 is 2.50 bits per heavy atom. The molecule has 6 nitrogen and oxygen atoms in total. The molecule has 3 rings (SSSR count). The predicted molar refractivity (Wildman–Crippen MR) is 95.6 cm³/mol. The van der Waals surface area contributed by atoms with Crippen LogP contribution in [-0.2, 0) is 20.6 Å². The Morgan fingerprint density at radius 2 is 1.88 bits per heavy atom. The van der Waals surface area contributed by atoms with E-state index in [0.29, 0.717) is 32.1 Å². The summed E-state index contributed by atoms with van der Waals surface area (Å²) in [6.07, 6.45) is 1.56. The Balaban J connectivity index is 2.59. The van der Waals surface area contributed by atoms with Gasteiger partial charge in [-0.1, -0.05) is 29.3 Å². The van der Waals surface area contributed by atoms with Gasteiger partial charge in [-0.25, -0.2) is 9.78 Å². The third kappa shape index (κ3) is 2.43. The van der Waals surface area contributed by atoms with Crippen LogP contribution in [-0.4, -0.2) is 14.1 Å². The molecule has 2 aromatic heterocycles. The fourth-order valence-electron chi connectivity index (χ4n) is 2.72. The first-order chi connectivity index (χ1) is 11.4. The molecule has 0 amide bonds. The van der Waals surface area contributed by atoms with Gasteiger partial charge in [-0.3, -0.25) is 13.9 Å². The van der Waals surface area contributed by atoms with Crippen molar-refractivity contribution < 1.29 is 0 Å². The quantitative estimate of drug-likeness (QED) is 0.754. The molecule has 0 bridgehead atoms. The molecule has 3 aromatic rings. The number of nitrogens with zero attached hydrogens (tertiary/aromatic N) is 3. The first kappa shape index (κ1) is 16.7. The number of halogens is 2. The predicted octanol–water partition coefficient (Wildman–Crippen LogP) is 2.06. The SMILES string of the molecule is Cn1c(=O)c2c(-c3ccc(Cl)cc3Cl)c(CN)cnc2n(C)c1=O. The highest BCUT2D eigenvalue weighted by Crippen LogP contribution is 2.35. The van der Waals surface area contributed by atoms with Crippen LogP contribution in [0.1, 0.15) is 5.56 Å². The first-order valence-electron chi connectivity index (χ1n) is 7.10. The maximum atomic E-state index is 12.7. The van der Waals surface area contributed by atoms with Crippen LogP contribution < -0.4 is 17.0 Å². The number of pyridine rings is 1. The van der Waals surface area contributed by atoms with E-state index in [2.05, 4.69) is 4.98 Å². The third-order valence-corrected chi connectivity index (χ3v) is 4.52. The van der Waals surface area contributed by atoms with Gasteiger partial charge in [0.05, 0.1) is 5.39 Å². The van der Waals surface area contributed by atoms with Crippen LogP contribution in [0.4, 0.5) is 0 Å². The summed E-state index contributed by atoms with van der Waals surface area (Å²) >= 11 is 12.3. The maximum absolute atomic E-state index is 12.7. The topological polar surface area (TPSA) is 82.9 Å². The lowest BCUT2D eigenvalue weighted by Gasteiger charge is -2.15. The zero-order chi connectivity index (χ0) is 17.6. The van der Waals surface area contributed by atoms with Crippen LogP contribution in [0.15, 0.2) is 34.0 Å². The summed E-state index contributed by atoms with van der Waals surface area (Å²) < 4.78 is 2.36. The molecule has 0 aliphatic carbocycles. The van der Waals surface area contributed by atoms with E-state index < -0.39 is 11.2 Å². The first-order valence-corrected chi connectivity index (χ1v) is 7.85. The molecule has 0 spiro atoms. The molecule has 0 saturated heterocycles. The van der Waals surface area contributed by atoms with E-state index in [9.17, 15) is 9.59 Å². The van der Waals surface area contributed by atoms with E-state index in [4.69, 9.17) is 28.9 Å². The molecule has 24 heavy (non-hydrogen) atoms. The summed E-state index contributed by atoms with van der Waals surface area (Å²) in [6, 6.07) is 5.00. The average Bonchev–Trinajstić information content (AvgIpc) is 2.57. The highest BCUT2D eigenvalue weighted by Gasteiger charge is 2.19. The van der Waals surface area contributed by atoms with Crippen LogP contribution in [0, 0.1) is 0 Å². The van der Waals surface area contributed by atoms with E-state index in [0.717, 1.165) is 4.57 Å². The highest BCUT2D eigenvalue weighted by atomic mass is 35.5.